The fraction of sp³-hybridized carbons (Fsp3) is 0. The highest BCUT2D eigenvalue weighted by Gasteiger charge is 1.80. The highest BCUT2D eigenvalue weighted by Crippen LogP contribution is 2.04. The zero-order valence-electron chi connectivity index (χ0n) is 5.42. The van der Waals surface area contributed by atoms with E-state index in [9.17, 15) is 0 Å². The van der Waals surface area contributed by atoms with Crippen molar-refractivity contribution in [3.8, 4) is 0 Å². The Morgan fingerprint density at radius 2 is 1.90 bits per heavy atom. The number of hydrogen-bond acceptors (Lipinski definition) is 1. The van der Waals surface area contributed by atoms with Crippen LogP contribution in [0.4, 0.5) is 5.69 Å². The quantitative estimate of drug-likeness (QED) is 0.689. The smallest absolute Gasteiger partial charge is 0.0379 e. The predicted molar refractivity (Wildman–Crippen MR) is 45.1 cm³/mol. The molecule has 0 amide bonds. The molecule has 0 aliphatic heterocycles. The van der Waals surface area contributed by atoms with E-state index in [0.29, 0.717) is 0 Å². The van der Waals surface area contributed by atoms with Crippen molar-refractivity contribution in [1.82, 2.24) is 0 Å². The second-order valence-electron chi connectivity index (χ2n) is 1.80. The Morgan fingerprint density at radius 3 is 2.50 bits per heavy atom. The maximum absolute atomic E-state index is 5.31. The summed E-state index contributed by atoms with van der Waals surface area (Å²) >= 11 is 5.31. The predicted octanol–water partition coefficient (Wildman–Crippen LogP) is 2.81. The average Bonchev–Trinajstić information content (AvgIpc) is 2.03. The van der Waals surface area contributed by atoms with Crippen LogP contribution >= 0.6 is 11.6 Å². The Hall–Kier alpha value is -0.950. The van der Waals surface area contributed by atoms with Crippen molar-refractivity contribution >= 4 is 17.3 Å². The van der Waals surface area contributed by atoms with Gasteiger partial charge in [-0.15, -0.1) is 0 Å². The third-order valence-electron chi connectivity index (χ3n) is 1.09. The van der Waals surface area contributed by atoms with Gasteiger partial charge < -0.3 is 5.32 Å². The number of benzene rings is 1. The molecule has 1 nitrogen and oxygen atoms in total. The van der Waals surface area contributed by atoms with Gasteiger partial charge in [-0.1, -0.05) is 29.8 Å². The van der Waals surface area contributed by atoms with Crippen molar-refractivity contribution in [2.45, 2.75) is 0 Å². The lowest BCUT2D eigenvalue weighted by molar-refractivity contribution is 1.59. The molecule has 0 spiro atoms. The van der Waals surface area contributed by atoms with E-state index in [1.54, 1.807) is 6.20 Å². The molecule has 0 aromatic heterocycles. The summed E-state index contributed by atoms with van der Waals surface area (Å²) in [5.41, 5.74) is 2.48. The summed E-state index contributed by atoms with van der Waals surface area (Å²) in [6.07, 6.45) is 1.68. The van der Waals surface area contributed by atoms with E-state index in [2.05, 4.69) is 5.32 Å². The van der Waals surface area contributed by atoms with E-state index in [0.717, 1.165) is 5.69 Å². The van der Waals surface area contributed by atoms with Gasteiger partial charge in [0.05, 0.1) is 0 Å². The van der Waals surface area contributed by atoms with Gasteiger partial charge in [-0.05, 0) is 12.1 Å². The summed E-state index contributed by atoms with van der Waals surface area (Å²) in [7, 11) is 0. The lowest BCUT2D eigenvalue weighted by Crippen LogP contribution is -1.83. The van der Waals surface area contributed by atoms with Gasteiger partial charge in [0.1, 0.15) is 0 Å². The number of nitrogens with one attached hydrogen (secondary N) is 1. The molecule has 2 heteroatoms. The summed E-state index contributed by atoms with van der Waals surface area (Å²) in [5.74, 6) is 0. The lowest BCUT2D eigenvalue weighted by atomic mass is 10.3. The van der Waals surface area contributed by atoms with Crippen LogP contribution in [0.2, 0.25) is 0 Å². The van der Waals surface area contributed by atoms with Gasteiger partial charge in [0.15, 0.2) is 0 Å². The number of anilines is 1. The summed E-state index contributed by atoms with van der Waals surface area (Å²) in [6, 6.07) is 9.83. The summed E-state index contributed by atoms with van der Waals surface area (Å²) in [4.78, 5) is 0. The molecular formula is C8H8ClN. The fourth-order valence-corrected chi connectivity index (χ4v) is 0.725. The molecule has 0 unspecified atom stereocenters. The Balaban J connectivity index is 2.59. The maximum Gasteiger partial charge on any atom is 0.0379 e. The number of halogens is 1. The zero-order valence-corrected chi connectivity index (χ0v) is 6.18. The van der Waals surface area contributed by atoms with E-state index in [1.807, 2.05) is 30.3 Å². The van der Waals surface area contributed by atoms with Gasteiger partial charge in [-0.2, -0.15) is 0 Å². The van der Waals surface area contributed by atoms with Crippen LogP contribution in [0.1, 0.15) is 0 Å². The second-order valence-corrected chi connectivity index (χ2v) is 2.05. The van der Waals surface area contributed by atoms with E-state index >= 15 is 0 Å². The molecule has 0 radical (unpaired) electrons. The van der Waals surface area contributed by atoms with Crippen molar-refractivity contribution in [3.05, 3.63) is 42.1 Å². The zero-order chi connectivity index (χ0) is 7.23. The molecule has 52 valence electrons. The first-order valence-electron chi connectivity index (χ1n) is 3.00. The monoisotopic (exact) mass is 153 g/mol. The van der Waals surface area contributed by atoms with Gasteiger partial charge in [0, 0.05) is 17.4 Å². The normalized spacial score (nSPS) is 10.1. The SMILES string of the molecule is Cl/C=C/Nc1ccccc1. The topological polar surface area (TPSA) is 12.0 Å². The van der Waals surface area contributed by atoms with Crippen LogP contribution in [-0.2, 0) is 0 Å². The third kappa shape index (κ3) is 2.11. The molecule has 0 aliphatic rings. The molecule has 0 saturated carbocycles. The van der Waals surface area contributed by atoms with Crippen molar-refractivity contribution in [2.75, 3.05) is 5.32 Å². The van der Waals surface area contributed by atoms with Crippen molar-refractivity contribution in [2.24, 2.45) is 0 Å². The van der Waals surface area contributed by atoms with Crippen molar-refractivity contribution < 1.29 is 0 Å². The molecule has 0 saturated heterocycles. The molecule has 1 N–H and O–H groups in total. The van der Waals surface area contributed by atoms with Crippen molar-refractivity contribution in [1.29, 1.82) is 0 Å². The second kappa shape index (κ2) is 3.96. The Bertz CT molecular complexity index is 206. The molecule has 0 bridgehead atoms. The van der Waals surface area contributed by atoms with E-state index < -0.39 is 0 Å². The number of hydrogen-bond donors (Lipinski definition) is 1. The van der Waals surface area contributed by atoms with E-state index in [4.69, 9.17) is 11.6 Å². The first-order valence-corrected chi connectivity index (χ1v) is 3.44. The van der Waals surface area contributed by atoms with Crippen molar-refractivity contribution in [3.63, 3.8) is 0 Å². The Morgan fingerprint density at radius 1 is 1.20 bits per heavy atom. The lowest BCUT2D eigenvalue weighted by Gasteiger charge is -1.96. The largest absolute Gasteiger partial charge is 0.361 e. The molecule has 1 rings (SSSR count). The first kappa shape index (κ1) is 7.16. The van der Waals surface area contributed by atoms with Gasteiger partial charge in [-0.25, -0.2) is 0 Å². The average molecular weight is 154 g/mol. The molecule has 0 heterocycles. The number of rotatable bonds is 2. The molecule has 1 aromatic rings. The third-order valence-corrected chi connectivity index (χ3v) is 1.21. The van der Waals surface area contributed by atoms with Crippen LogP contribution in [0.15, 0.2) is 42.1 Å². The Labute approximate surface area is 65.3 Å². The summed E-state index contributed by atoms with van der Waals surface area (Å²) in [5, 5.41) is 2.98. The van der Waals surface area contributed by atoms with Crippen LogP contribution in [-0.4, -0.2) is 0 Å². The molecule has 0 aliphatic carbocycles. The standard InChI is InChI=1S/C8H8ClN/c9-6-7-10-8-4-2-1-3-5-8/h1-7,10H/b7-6+. The maximum atomic E-state index is 5.31. The highest BCUT2D eigenvalue weighted by molar-refractivity contribution is 6.25. The van der Waals surface area contributed by atoms with E-state index in [-0.39, 0.29) is 0 Å². The summed E-state index contributed by atoms with van der Waals surface area (Å²) < 4.78 is 0. The minimum absolute atomic E-state index is 1.04. The van der Waals surface area contributed by atoms with E-state index in [1.165, 1.54) is 5.54 Å². The van der Waals surface area contributed by atoms with Crippen LogP contribution in [0, 0.1) is 0 Å². The molecule has 0 fully saturated rings. The van der Waals surface area contributed by atoms with Crippen LogP contribution in [0.3, 0.4) is 0 Å². The van der Waals surface area contributed by atoms with Gasteiger partial charge in [0.2, 0.25) is 0 Å². The Kier molecular flexibility index (Phi) is 2.84. The fourth-order valence-electron chi connectivity index (χ4n) is 0.662. The minimum Gasteiger partial charge on any atom is -0.361 e. The molecule has 1 aromatic carbocycles. The van der Waals surface area contributed by atoms with Crippen LogP contribution in [0.25, 0.3) is 0 Å². The van der Waals surface area contributed by atoms with Gasteiger partial charge in [0.25, 0.3) is 0 Å². The van der Waals surface area contributed by atoms with Gasteiger partial charge in [-0.3, -0.25) is 0 Å². The molecular weight excluding hydrogens is 146 g/mol. The summed E-state index contributed by atoms with van der Waals surface area (Å²) in [6.45, 7) is 0. The molecule has 0 atom stereocenters. The van der Waals surface area contributed by atoms with Crippen LogP contribution in [0.5, 0.6) is 0 Å². The first-order chi connectivity index (χ1) is 4.93. The highest BCUT2D eigenvalue weighted by atomic mass is 35.5. The number of para-hydroxylation sites is 1. The van der Waals surface area contributed by atoms with Gasteiger partial charge >= 0.3 is 0 Å². The minimum atomic E-state index is 1.04. The van der Waals surface area contributed by atoms with Crippen LogP contribution < -0.4 is 5.32 Å². The molecule has 10 heavy (non-hydrogen) atoms.